The van der Waals surface area contributed by atoms with E-state index in [-0.39, 0.29) is 11.0 Å². The zero-order chi connectivity index (χ0) is 15.4. The quantitative estimate of drug-likeness (QED) is 0.690. The molecule has 0 aliphatic heterocycles. The minimum absolute atomic E-state index is 0.0798. The zero-order valence-electron chi connectivity index (χ0n) is 10.2. The molecule has 0 amide bonds. The van der Waals surface area contributed by atoms with Gasteiger partial charge in [-0.3, -0.25) is 9.11 Å². The Morgan fingerprint density at radius 3 is 2.10 bits per heavy atom. The first-order chi connectivity index (χ1) is 9.69. The van der Waals surface area contributed by atoms with Crippen LogP contribution < -0.4 is 0 Å². The first kappa shape index (κ1) is 14.0. The SMILES string of the molecule is O=S(=O)(O)c1ccc2oc3ccccc3c2c1S(=O)(=O)O. The molecular weight excluding hydrogens is 320 g/mol. The van der Waals surface area contributed by atoms with Gasteiger partial charge in [0.1, 0.15) is 21.0 Å². The molecule has 2 aromatic carbocycles. The lowest BCUT2D eigenvalue weighted by Crippen LogP contribution is -2.08. The molecule has 0 unspecified atom stereocenters. The Labute approximate surface area is 119 Å². The number of furan rings is 1. The molecule has 1 heterocycles. The third-order valence-electron chi connectivity index (χ3n) is 3.00. The van der Waals surface area contributed by atoms with Crippen LogP contribution in [0.3, 0.4) is 0 Å². The Bertz CT molecular complexity index is 1080. The lowest BCUT2D eigenvalue weighted by Gasteiger charge is -2.05. The molecule has 0 fully saturated rings. The molecule has 0 aliphatic rings. The Morgan fingerprint density at radius 2 is 1.48 bits per heavy atom. The van der Waals surface area contributed by atoms with Crippen molar-refractivity contribution in [2.75, 3.05) is 0 Å². The van der Waals surface area contributed by atoms with Crippen molar-refractivity contribution in [1.29, 1.82) is 0 Å². The van der Waals surface area contributed by atoms with Crippen LogP contribution in [-0.2, 0) is 20.2 Å². The Balaban J connectivity index is 2.68. The van der Waals surface area contributed by atoms with Gasteiger partial charge in [-0.2, -0.15) is 16.8 Å². The van der Waals surface area contributed by atoms with Gasteiger partial charge in [-0.1, -0.05) is 18.2 Å². The summed E-state index contributed by atoms with van der Waals surface area (Å²) in [6.45, 7) is 0. The molecule has 3 aromatic rings. The van der Waals surface area contributed by atoms with Gasteiger partial charge >= 0.3 is 0 Å². The largest absolute Gasteiger partial charge is 0.456 e. The Hall–Kier alpha value is -1.94. The van der Waals surface area contributed by atoms with E-state index in [1.165, 1.54) is 12.1 Å². The van der Waals surface area contributed by atoms with Crippen molar-refractivity contribution in [2.45, 2.75) is 9.79 Å². The van der Waals surface area contributed by atoms with E-state index >= 15 is 0 Å². The van der Waals surface area contributed by atoms with Crippen molar-refractivity contribution < 1.29 is 30.4 Å². The van der Waals surface area contributed by atoms with Crippen molar-refractivity contribution in [3.8, 4) is 0 Å². The van der Waals surface area contributed by atoms with Gasteiger partial charge < -0.3 is 4.42 Å². The Kier molecular flexibility index (Phi) is 2.85. The van der Waals surface area contributed by atoms with Crippen LogP contribution in [-0.4, -0.2) is 25.9 Å². The van der Waals surface area contributed by atoms with Crippen molar-refractivity contribution in [2.24, 2.45) is 0 Å². The highest BCUT2D eigenvalue weighted by Gasteiger charge is 2.29. The van der Waals surface area contributed by atoms with E-state index in [9.17, 15) is 21.4 Å². The number of benzene rings is 2. The molecular formula is C12H8O7S2. The van der Waals surface area contributed by atoms with E-state index < -0.39 is 30.0 Å². The third-order valence-corrected chi connectivity index (χ3v) is 4.96. The topological polar surface area (TPSA) is 122 Å². The van der Waals surface area contributed by atoms with Gasteiger partial charge in [0.2, 0.25) is 0 Å². The predicted octanol–water partition coefficient (Wildman–Crippen LogP) is 2.08. The summed E-state index contributed by atoms with van der Waals surface area (Å²) in [5.41, 5.74) is 0.404. The van der Waals surface area contributed by atoms with Crippen LogP contribution in [0.15, 0.2) is 50.6 Å². The second kappa shape index (κ2) is 4.28. The molecule has 0 radical (unpaired) electrons. The second-order valence-electron chi connectivity index (χ2n) is 4.31. The molecule has 110 valence electrons. The van der Waals surface area contributed by atoms with Crippen molar-refractivity contribution in [3.05, 3.63) is 36.4 Å². The fraction of sp³-hybridized carbons (Fsp3) is 0. The number of fused-ring (bicyclic) bond motifs is 3. The summed E-state index contributed by atoms with van der Waals surface area (Å²) in [4.78, 5) is -1.79. The molecule has 2 N–H and O–H groups in total. The smallest absolute Gasteiger partial charge is 0.296 e. The normalized spacial score (nSPS) is 13.0. The number of rotatable bonds is 2. The fourth-order valence-electron chi connectivity index (χ4n) is 2.23. The van der Waals surface area contributed by atoms with Crippen LogP contribution in [0.2, 0.25) is 0 Å². The van der Waals surface area contributed by atoms with Crippen LogP contribution >= 0.6 is 0 Å². The molecule has 0 saturated heterocycles. The van der Waals surface area contributed by atoms with Gasteiger partial charge in [-0.25, -0.2) is 0 Å². The second-order valence-corrected chi connectivity index (χ2v) is 7.06. The maximum absolute atomic E-state index is 11.6. The van der Waals surface area contributed by atoms with E-state index in [1.54, 1.807) is 18.2 Å². The van der Waals surface area contributed by atoms with Crippen LogP contribution in [0, 0.1) is 0 Å². The van der Waals surface area contributed by atoms with E-state index in [0.29, 0.717) is 11.0 Å². The van der Waals surface area contributed by atoms with Gasteiger partial charge in [0.05, 0.1) is 5.39 Å². The van der Waals surface area contributed by atoms with Gasteiger partial charge in [-0.05, 0) is 18.2 Å². The van der Waals surface area contributed by atoms with Crippen LogP contribution in [0.5, 0.6) is 0 Å². The first-order valence-electron chi connectivity index (χ1n) is 5.59. The van der Waals surface area contributed by atoms with E-state index in [2.05, 4.69) is 0 Å². The molecule has 1 aromatic heterocycles. The average Bonchev–Trinajstić information content (AvgIpc) is 2.73. The number of hydrogen-bond acceptors (Lipinski definition) is 5. The van der Waals surface area contributed by atoms with Crippen molar-refractivity contribution in [3.63, 3.8) is 0 Å². The molecule has 0 aliphatic carbocycles. The predicted molar refractivity (Wildman–Crippen MR) is 73.3 cm³/mol. The van der Waals surface area contributed by atoms with E-state index in [0.717, 1.165) is 6.07 Å². The van der Waals surface area contributed by atoms with Gasteiger partial charge in [0, 0.05) is 5.39 Å². The summed E-state index contributed by atoms with van der Waals surface area (Å²) in [5.74, 6) is 0. The summed E-state index contributed by atoms with van der Waals surface area (Å²) in [5, 5.41) is 0.217. The molecule has 7 nitrogen and oxygen atoms in total. The molecule has 0 bridgehead atoms. The van der Waals surface area contributed by atoms with Crippen LogP contribution in [0.25, 0.3) is 21.9 Å². The number of para-hydroxylation sites is 1. The minimum Gasteiger partial charge on any atom is -0.456 e. The van der Waals surface area contributed by atoms with Crippen LogP contribution in [0.4, 0.5) is 0 Å². The fourth-order valence-corrected chi connectivity index (χ4v) is 4.22. The molecule has 0 atom stereocenters. The summed E-state index contributed by atoms with van der Waals surface area (Å²) in [6, 6.07) is 8.42. The van der Waals surface area contributed by atoms with Gasteiger partial charge in [-0.15, -0.1) is 0 Å². The lowest BCUT2D eigenvalue weighted by molar-refractivity contribution is 0.467. The highest BCUT2D eigenvalue weighted by atomic mass is 32.2. The van der Waals surface area contributed by atoms with Crippen LogP contribution in [0.1, 0.15) is 0 Å². The molecule has 0 saturated carbocycles. The molecule has 0 spiro atoms. The molecule has 21 heavy (non-hydrogen) atoms. The molecule has 3 rings (SSSR count). The highest BCUT2D eigenvalue weighted by molar-refractivity contribution is 7.89. The lowest BCUT2D eigenvalue weighted by atomic mass is 10.1. The summed E-state index contributed by atoms with van der Waals surface area (Å²) >= 11 is 0. The van der Waals surface area contributed by atoms with Crippen molar-refractivity contribution >= 4 is 42.2 Å². The first-order valence-corrected chi connectivity index (χ1v) is 8.47. The maximum Gasteiger partial charge on any atom is 0.296 e. The minimum atomic E-state index is -4.90. The number of hydrogen-bond donors (Lipinski definition) is 2. The molecule has 9 heteroatoms. The summed E-state index contributed by atoms with van der Waals surface area (Å²) in [7, 11) is -9.74. The van der Waals surface area contributed by atoms with Gasteiger partial charge in [0.15, 0.2) is 0 Å². The maximum atomic E-state index is 11.6. The third kappa shape index (κ3) is 2.20. The van der Waals surface area contributed by atoms with Gasteiger partial charge in [0.25, 0.3) is 20.2 Å². The monoisotopic (exact) mass is 328 g/mol. The highest BCUT2D eigenvalue weighted by Crippen LogP contribution is 2.36. The summed E-state index contributed by atoms with van der Waals surface area (Å²) < 4.78 is 69.8. The van der Waals surface area contributed by atoms with E-state index in [4.69, 9.17) is 8.97 Å². The standard InChI is InChI=1S/C12H8O7S2/c13-20(14,15)10-6-5-9-11(12(10)21(16,17)18)7-3-1-2-4-8(7)19-9/h1-6H,(H,13,14,15)(H,16,17,18). The zero-order valence-corrected chi connectivity index (χ0v) is 11.8. The van der Waals surface area contributed by atoms with E-state index in [1.807, 2.05) is 0 Å². The van der Waals surface area contributed by atoms with Crippen molar-refractivity contribution in [1.82, 2.24) is 0 Å². The average molecular weight is 328 g/mol. The Morgan fingerprint density at radius 1 is 0.810 bits per heavy atom. The summed E-state index contributed by atoms with van der Waals surface area (Å²) in [6.07, 6.45) is 0.